The van der Waals surface area contributed by atoms with E-state index in [9.17, 15) is 14.4 Å². The fraction of sp³-hybridized carbons (Fsp3) is 0.158. The summed E-state index contributed by atoms with van der Waals surface area (Å²) >= 11 is 1.23. The third-order valence-electron chi connectivity index (χ3n) is 3.83. The molecule has 0 bridgehead atoms. The summed E-state index contributed by atoms with van der Waals surface area (Å²) in [4.78, 5) is 42.1. The topological polar surface area (TPSA) is 104 Å². The number of benzene rings is 1. The first kappa shape index (κ1) is 18.5. The highest BCUT2D eigenvalue weighted by Crippen LogP contribution is 2.19. The first-order valence-corrected chi connectivity index (χ1v) is 9.10. The predicted molar refractivity (Wildman–Crippen MR) is 105 cm³/mol. The standard InChI is InChI=1S/C19H18N4O3S/c1-11-3-4-12(2)15(7-11)22-17(25)8-14-10-27-19(21-14)23-18(26)13-5-6-16(24)20-9-13/h3-7,9-10H,8H2,1-2H3,(H,20,24)(H,22,25)(H,21,23,26). The normalized spacial score (nSPS) is 10.4. The largest absolute Gasteiger partial charge is 0.328 e. The number of carbonyl (C=O) groups excluding carboxylic acids is 2. The summed E-state index contributed by atoms with van der Waals surface area (Å²) in [6.07, 6.45) is 1.45. The van der Waals surface area contributed by atoms with Gasteiger partial charge in [0.05, 0.1) is 17.7 Å². The van der Waals surface area contributed by atoms with Gasteiger partial charge in [-0.25, -0.2) is 4.98 Å². The molecule has 0 unspecified atom stereocenters. The van der Waals surface area contributed by atoms with Crippen molar-refractivity contribution in [3.8, 4) is 0 Å². The number of nitrogens with zero attached hydrogens (tertiary/aromatic N) is 1. The van der Waals surface area contributed by atoms with Gasteiger partial charge in [0.1, 0.15) is 0 Å². The maximum Gasteiger partial charge on any atom is 0.258 e. The van der Waals surface area contributed by atoms with Crippen LogP contribution in [0.2, 0.25) is 0 Å². The highest BCUT2D eigenvalue weighted by Gasteiger charge is 2.12. The quantitative estimate of drug-likeness (QED) is 0.631. The van der Waals surface area contributed by atoms with E-state index in [1.54, 1.807) is 5.38 Å². The molecule has 0 saturated carbocycles. The van der Waals surface area contributed by atoms with Crippen LogP contribution in [0.15, 0.2) is 46.7 Å². The van der Waals surface area contributed by atoms with Crippen molar-refractivity contribution < 1.29 is 9.59 Å². The molecule has 138 valence electrons. The molecule has 0 saturated heterocycles. The average molecular weight is 382 g/mol. The number of amides is 2. The summed E-state index contributed by atoms with van der Waals surface area (Å²) in [5.41, 5.74) is 3.44. The second-order valence-electron chi connectivity index (χ2n) is 6.08. The SMILES string of the molecule is Cc1ccc(C)c(NC(=O)Cc2csc(NC(=O)c3ccc(=O)[nH]c3)n2)c1. The van der Waals surface area contributed by atoms with Gasteiger partial charge in [0, 0.05) is 23.3 Å². The number of hydrogen-bond donors (Lipinski definition) is 3. The minimum Gasteiger partial charge on any atom is -0.328 e. The lowest BCUT2D eigenvalue weighted by atomic mass is 10.1. The van der Waals surface area contributed by atoms with Crippen molar-refractivity contribution in [2.75, 3.05) is 10.6 Å². The van der Waals surface area contributed by atoms with E-state index in [1.165, 1.54) is 29.7 Å². The zero-order valence-electron chi connectivity index (χ0n) is 14.8. The van der Waals surface area contributed by atoms with Gasteiger partial charge >= 0.3 is 0 Å². The van der Waals surface area contributed by atoms with Gasteiger partial charge in [0.25, 0.3) is 5.91 Å². The Hall–Kier alpha value is -3.26. The summed E-state index contributed by atoms with van der Waals surface area (Å²) in [7, 11) is 0. The summed E-state index contributed by atoms with van der Waals surface area (Å²) in [6, 6.07) is 8.57. The molecule has 2 amide bonds. The lowest BCUT2D eigenvalue weighted by molar-refractivity contribution is -0.115. The number of aryl methyl sites for hydroxylation is 2. The summed E-state index contributed by atoms with van der Waals surface area (Å²) < 4.78 is 0. The molecule has 0 radical (unpaired) electrons. The zero-order valence-corrected chi connectivity index (χ0v) is 15.6. The molecule has 0 atom stereocenters. The van der Waals surface area contributed by atoms with Crippen LogP contribution in [-0.4, -0.2) is 21.8 Å². The van der Waals surface area contributed by atoms with Crippen molar-refractivity contribution in [3.05, 3.63) is 74.6 Å². The van der Waals surface area contributed by atoms with Crippen molar-refractivity contribution in [2.24, 2.45) is 0 Å². The maximum absolute atomic E-state index is 12.3. The van der Waals surface area contributed by atoms with Gasteiger partial charge in [-0.05, 0) is 37.1 Å². The number of nitrogens with one attached hydrogen (secondary N) is 3. The Kier molecular flexibility index (Phi) is 5.46. The number of anilines is 2. The molecule has 2 aromatic heterocycles. The maximum atomic E-state index is 12.3. The Morgan fingerprint density at radius 2 is 1.96 bits per heavy atom. The number of thiazole rings is 1. The first-order valence-electron chi connectivity index (χ1n) is 8.22. The molecule has 1 aromatic carbocycles. The molecule has 3 aromatic rings. The van der Waals surface area contributed by atoms with Crippen LogP contribution in [0.4, 0.5) is 10.8 Å². The van der Waals surface area contributed by atoms with Crippen LogP contribution in [0.25, 0.3) is 0 Å². The Balaban J connectivity index is 1.61. The minimum absolute atomic E-state index is 0.110. The van der Waals surface area contributed by atoms with Gasteiger partial charge < -0.3 is 10.3 Å². The smallest absolute Gasteiger partial charge is 0.258 e. The Labute approximate surface area is 159 Å². The van der Waals surface area contributed by atoms with Gasteiger partial charge in [-0.1, -0.05) is 12.1 Å². The number of H-pyrrole nitrogens is 1. The minimum atomic E-state index is -0.382. The van der Waals surface area contributed by atoms with E-state index in [1.807, 2.05) is 32.0 Å². The fourth-order valence-corrected chi connectivity index (χ4v) is 3.10. The zero-order chi connectivity index (χ0) is 19.4. The Morgan fingerprint density at radius 3 is 2.70 bits per heavy atom. The third kappa shape index (κ3) is 4.89. The molecule has 0 spiro atoms. The molecule has 27 heavy (non-hydrogen) atoms. The van der Waals surface area contributed by atoms with Crippen molar-refractivity contribution in [2.45, 2.75) is 20.3 Å². The van der Waals surface area contributed by atoms with Crippen LogP contribution >= 0.6 is 11.3 Å². The van der Waals surface area contributed by atoms with Gasteiger partial charge in [0.2, 0.25) is 11.5 Å². The van der Waals surface area contributed by atoms with E-state index in [2.05, 4.69) is 20.6 Å². The average Bonchev–Trinajstić information content (AvgIpc) is 3.05. The number of aromatic amines is 1. The number of carbonyl (C=O) groups is 2. The van der Waals surface area contributed by atoms with Crippen LogP contribution < -0.4 is 16.2 Å². The Bertz CT molecular complexity index is 1030. The van der Waals surface area contributed by atoms with Gasteiger partial charge in [-0.3, -0.25) is 19.7 Å². The lowest BCUT2D eigenvalue weighted by Crippen LogP contribution is -2.16. The van der Waals surface area contributed by atoms with E-state index < -0.39 is 0 Å². The highest BCUT2D eigenvalue weighted by molar-refractivity contribution is 7.14. The van der Waals surface area contributed by atoms with Crippen molar-refractivity contribution in [1.82, 2.24) is 9.97 Å². The molecule has 0 aliphatic rings. The molecular weight excluding hydrogens is 364 g/mol. The van der Waals surface area contributed by atoms with Gasteiger partial charge in [-0.2, -0.15) is 0 Å². The summed E-state index contributed by atoms with van der Waals surface area (Å²) in [6.45, 7) is 3.90. The van der Waals surface area contributed by atoms with Crippen molar-refractivity contribution >= 4 is 34.0 Å². The van der Waals surface area contributed by atoms with E-state index in [0.29, 0.717) is 16.4 Å². The summed E-state index contributed by atoms with van der Waals surface area (Å²) in [5, 5.41) is 7.65. The lowest BCUT2D eigenvalue weighted by Gasteiger charge is -2.08. The van der Waals surface area contributed by atoms with Crippen LogP contribution in [-0.2, 0) is 11.2 Å². The van der Waals surface area contributed by atoms with Crippen LogP contribution in [0.3, 0.4) is 0 Å². The number of rotatable bonds is 5. The molecule has 7 nitrogen and oxygen atoms in total. The molecule has 0 aliphatic heterocycles. The second kappa shape index (κ2) is 7.96. The molecule has 3 rings (SSSR count). The van der Waals surface area contributed by atoms with Crippen molar-refractivity contribution in [3.63, 3.8) is 0 Å². The predicted octanol–water partition coefficient (Wildman–Crippen LogP) is 2.88. The second-order valence-corrected chi connectivity index (χ2v) is 6.94. The van der Waals surface area contributed by atoms with Crippen LogP contribution in [0.5, 0.6) is 0 Å². The number of aromatic nitrogens is 2. The molecule has 0 aliphatic carbocycles. The van der Waals surface area contributed by atoms with E-state index >= 15 is 0 Å². The van der Waals surface area contributed by atoms with Crippen LogP contribution in [0, 0.1) is 13.8 Å². The Morgan fingerprint density at radius 1 is 1.15 bits per heavy atom. The molecule has 0 fully saturated rings. The third-order valence-corrected chi connectivity index (χ3v) is 4.63. The van der Waals surface area contributed by atoms with Gasteiger partial charge in [-0.15, -0.1) is 11.3 Å². The van der Waals surface area contributed by atoms with E-state index in [4.69, 9.17) is 0 Å². The number of pyridine rings is 1. The van der Waals surface area contributed by atoms with Gasteiger partial charge in [0.15, 0.2) is 5.13 Å². The molecular formula is C19H18N4O3S. The van der Waals surface area contributed by atoms with Crippen LogP contribution in [0.1, 0.15) is 27.2 Å². The monoisotopic (exact) mass is 382 g/mol. The van der Waals surface area contributed by atoms with Crippen molar-refractivity contribution in [1.29, 1.82) is 0 Å². The first-order chi connectivity index (χ1) is 12.9. The summed E-state index contributed by atoms with van der Waals surface area (Å²) in [5.74, 6) is -0.556. The molecule has 3 N–H and O–H groups in total. The van der Waals surface area contributed by atoms with E-state index in [0.717, 1.165) is 16.8 Å². The van der Waals surface area contributed by atoms with E-state index in [-0.39, 0.29) is 23.8 Å². The number of hydrogen-bond acceptors (Lipinski definition) is 5. The molecule has 2 heterocycles. The highest BCUT2D eigenvalue weighted by atomic mass is 32.1. The molecule has 8 heteroatoms. The fourth-order valence-electron chi connectivity index (χ4n) is 2.40.